The van der Waals surface area contributed by atoms with Crippen LogP contribution >= 0.6 is 0 Å². The van der Waals surface area contributed by atoms with Crippen LogP contribution in [0.2, 0.25) is 0 Å². The maximum absolute atomic E-state index is 13.7. The molecule has 0 atom stereocenters. The summed E-state index contributed by atoms with van der Waals surface area (Å²) in [4.78, 5) is 27.8. The number of carbonyl (C=O) groups excluding carboxylic acids is 2. The van der Waals surface area contributed by atoms with E-state index in [4.69, 9.17) is 0 Å². The first-order valence-corrected chi connectivity index (χ1v) is 7.80. The lowest BCUT2D eigenvalue weighted by molar-refractivity contribution is -0.142. The molecule has 0 N–H and O–H groups in total. The van der Waals surface area contributed by atoms with Gasteiger partial charge in [0.1, 0.15) is 17.2 Å². The summed E-state index contributed by atoms with van der Waals surface area (Å²) in [6.07, 6.45) is 0.728. The molecule has 0 unspecified atom stereocenters. The molecule has 1 heterocycles. The van der Waals surface area contributed by atoms with E-state index in [-0.39, 0.29) is 19.0 Å². The maximum atomic E-state index is 13.7. The van der Waals surface area contributed by atoms with Crippen molar-refractivity contribution >= 4 is 11.8 Å². The van der Waals surface area contributed by atoms with Crippen LogP contribution in [0.1, 0.15) is 37.6 Å². The topological polar surface area (TPSA) is 40.6 Å². The van der Waals surface area contributed by atoms with Crippen molar-refractivity contribution in [3.8, 4) is 0 Å². The number of rotatable bonds is 3. The van der Waals surface area contributed by atoms with E-state index in [1.165, 1.54) is 11.0 Å². The van der Waals surface area contributed by atoms with Gasteiger partial charge in [-0.2, -0.15) is 0 Å². The average Bonchev–Trinajstić information content (AvgIpc) is 2.54. The van der Waals surface area contributed by atoms with Crippen LogP contribution in [0.15, 0.2) is 18.2 Å². The molecule has 1 aromatic rings. The lowest BCUT2D eigenvalue weighted by Gasteiger charge is -2.38. The van der Waals surface area contributed by atoms with E-state index in [0.29, 0.717) is 13.1 Å². The van der Waals surface area contributed by atoms with E-state index >= 15 is 0 Å². The van der Waals surface area contributed by atoms with Crippen molar-refractivity contribution in [3.63, 3.8) is 0 Å². The Hall–Kier alpha value is -1.98. The summed E-state index contributed by atoms with van der Waals surface area (Å²) in [6.45, 7) is 7.05. The predicted octanol–water partition coefficient (Wildman–Crippen LogP) is 2.69. The van der Waals surface area contributed by atoms with Crippen LogP contribution in [0.4, 0.5) is 8.78 Å². The molecule has 1 aliphatic rings. The molecule has 0 aliphatic carbocycles. The van der Waals surface area contributed by atoms with Crippen molar-refractivity contribution in [2.75, 3.05) is 26.2 Å². The van der Waals surface area contributed by atoms with Gasteiger partial charge in [0, 0.05) is 31.6 Å². The number of carbonyl (C=O) groups is 2. The molecule has 0 spiro atoms. The normalized spacial score (nSPS) is 15.7. The van der Waals surface area contributed by atoms with Gasteiger partial charge < -0.3 is 9.80 Å². The average molecular weight is 324 g/mol. The molecule has 0 saturated carbocycles. The molecule has 1 fully saturated rings. The lowest BCUT2D eigenvalue weighted by Crippen LogP contribution is -2.53. The minimum absolute atomic E-state index is 0.0455. The zero-order chi connectivity index (χ0) is 17.2. The van der Waals surface area contributed by atoms with Crippen molar-refractivity contribution in [2.24, 2.45) is 5.41 Å². The Bertz CT molecular complexity index is 588. The SMILES string of the molecule is CCC(C)(C)C(=O)N1CCN(C(=O)c2c(F)cccc2F)CC1. The van der Waals surface area contributed by atoms with E-state index in [1.54, 1.807) is 4.90 Å². The minimum Gasteiger partial charge on any atom is -0.339 e. The smallest absolute Gasteiger partial charge is 0.259 e. The summed E-state index contributed by atoms with van der Waals surface area (Å²) in [6, 6.07) is 3.37. The summed E-state index contributed by atoms with van der Waals surface area (Å²) in [5.74, 6) is -2.34. The highest BCUT2D eigenvalue weighted by atomic mass is 19.1. The molecule has 126 valence electrons. The molecule has 0 aromatic heterocycles. The first-order valence-electron chi connectivity index (χ1n) is 7.80. The molecule has 23 heavy (non-hydrogen) atoms. The zero-order valence-corrected chi connectivity index (χ0v) is 13.7. The summed E-state index contributed by atoms with van der Waals surface area (Å²) >= 11 is 0. The number of piperazine rings is 1. The van der Waals surface area contributed by atoms with Crippen LogP contribution in [0.3, 0.4) is 0 Å². The second kappa shape index (κ2) is 6.64. The molecular formula is C17H22F2N2O2. The molecule has 1 aliphatic heterocycles. The Labute approximate surface area is 135 Å². The highest BCUT2D eigenvalue weighted by Gasteiger charge is 2.33. The fourth-order valence-electron chi connectivity index (χ4n) is 2.55. The predicted molar refractivity (Wildman–Crippen MR) is 82.9 cm³/mol. The monoisotopic (exact) mass is 324 g/mol. The maximum Gasteiger partial charge on any atom is 0.259 e. The van der Waals surface area contributed by atoms with Crippen molar-refractivity contribution in [2.45, 2.75) is 27.2 Å². The van der Waals surface area contributed by atoms with E-state index in [9.17, 15) is 18.4 Å². The third kappa shape index (κ3) is 3.51. The molecule has 2 amide bonds. The van der Waals surface area contributed by atoms with Crippen LogP contribution in [0, 0.1) is 17.0 Å². The van der Waals surface area contributed by atoms with Crippen molar-refractivity contribution in [3.05, 3.63) is 35.4 Å². The molecule has 6 heteroatoms. The summed E-state index contributed by atoms with van der Waals surface area (Å²) < 4.78 is 27.4. The third-order valence-electron chi connectivity index (χ3n) is 4.49. The van der Waals surface area contributed by atoms with Gasteiger partial charge in [-0.15, -0.1) is 0 Å². The summed E-state index contributed by atoms with van der Waals surface area (Å²) in [5, 5.41) is 0. The standard InChI is InChI=1S/C17H22F2N2O2/c1-4-17(2,3)16(23)21-10-8-20(9-11-21)15(22)14-12(18)6-5-7-13(14)19/h5-7H,4,8-11H2,1-3H3. The molecular weight excluding hydrogens is 302 g/mol. The molecule has 2 rings (SSSR count). The lowest BCUT2D eigenvalue weighted by atomic mass is 9.88. The van der Waals surface area contributed by atoms with Gasteiger partial charge in [0.15, 0.2) is 0 Å². The van der Waals surface area contributed by atoms with Crippen LogP contribution in [0.25, 0.3) is 0 Å². The van der Waals surface area contributed by atoms with Gasteiger partial charge in [0.25, 0.3) is 5.91 Å². The van der Waals surface area contributed by atoms with Gasteiger partial charge in [0.05, 0.1) is 0 Å². The fourth-order valence-corrected chi connectivity index (χ4v) is 2.55. The number of halogens is 2. The van der Waals surface area contributed by atoms with Crippen LogP contribution < -0.4 is 0 Å². The number of hydrogen-bond acceptors (Lipinski definition) is 2. The number of benzene rings is 1. The molecule has 0 bridgehead atoms. The second-order valence-corrected chi connectivity index (χ2v) is 6.42. The Kier molecular flexibility index (Phi) is 5.02. The number of amides is 2. The Morgan fingerprint density at radius 3 is 2.00 bits per heavy atom. The number of nitrogens with zero attached hydrogens (tertiary/aromatic N) is 2. The summed E-state index contributed by atoms with van der Waals surface area (Å²) in [7, 11) is 0. The highest BCUT2D eigenvalue weighted by Crippen LogP contribution is 2.24. The van der Waals surface area contributed by atoms with Gasteiger partial charge >= 0.3 is 0 Å². The minimum atomic E-state index is -0.861. The molecule has 1 saturated heterocycles. The van der Waals surface area contributed by atoms with Gasteiger partial charge in [-0.05, 0) is 18.6 Å². The van der Waals surface area contributed by atoms with Gasteiger partial charge in [-0.25, -0.2) is 8.78 Å². The Morgan fingerprint density at radius 1 is 1.04 bits per heavy atom. The largest absolute Gasteiger partial charge is 0.339 e. The van der Waals surface area contributed by atoms with Crippen LogP contribution in [-0.2, 0) is 4.79 Å². The molecule has 4 nitrogen and oxygen atoms in total. The summed E-state index contributed by atoms with van der Waals surface area (Å²) in [5.41, 5.74) is -0.967. The van der Waals surface area contributed by atoms with E-state index in [1.807, 2.05) is 20.8 Å². The zero-order valence-electron chi connectivity index (χ0n) is 13.7. The van der Waals surface area contributed by atoms with Crippen molar-refractivity contribution in [1.29, 1.82) is 0 Å². The van der Waals surface area contributed by atoms with Crippen molar-refractivity contribution in [1.82, 2.24) is 9.80 Å². The highest BCUT2D eigenvalue weighted by molar-refractivity contribution is 5.95. The number of hydrogen-bond donors (Lipinski definition) is 0. The van der Waals surface area contributed by atoms with E-state index in [2.05, 4.69) is 0 Å². The quantitative estimate of drug-likeness (QED) is 0.858. The van der Waals surface area contributed by atoms with Crippen molar-refractivity contribution < 1.29 is 18.4 Å². The van der Waals surface area contributed by atoms with Crippen LogP contribution in [0.5, 0.6) is 0 Å². The Morgan fingerprint density at radius 2 is 1.52 bits per heavy atom. The van der Waals surface area contributed by atoms with Gasteiger partial charge in [-0.3, -0.25) is 9.59 Å². The van der Waals surface area contributed by atoms with Gasteiger partial charge in [0.2, 0.25) is 5.91 Å². The second-order valence-electron chi connectivity index (χ2n) is 6.42. The van der Waals surface area contributed by atoms with E-state index < -0.39 is 28.5 Å². The first kappa shape index (κ1) is 17.4. The molecule has 1 aromatic carbocycles. The molecule has 0 radical (unpaired) electrons. The first-order chi connectivity index (χ1) is 10.8. The fraction of sp³-hybridized carbons (Fsp3) is 0.529. The third-order valence-corrected chi connectivity index (χ3v) is 4.49. The van der Waals surface area contributed by atoms with E-state index in [0.717, 1.165) is 18.6 Å². The van der Waals surface area contributed by atoms with Crippen LogP contribution in [-0.4, -0.2) is 47.8 Å². The van der Waals surface area contributed by atoms with Gasteiger partial charge in [-0.1, -0.05) is 26.8 Å². The Balaban J connectivity index is 2.05.